The number of carbonyl (C=O) groups excluding carboxylic acids is 1. The number of ether oxygens (including phenoxy) is 1. The molecule has 0 fully saturated rings. The minimum Gasteiger partial charge on any atom is -0.406 e. The first-order valence-corrected chi connectivity index (χ1v) is 13.1. The molecular formula is C26H36NO3Si+. The second-order valence-electron chi connectivity index (χ2n) is 10.3. The highest BCUT2D eigenvalue weighted by Gasteiger charge is 2.51. The molecule has 166 valence electrons. The van der Waals surface area contributed by atoms with E-state index < -0.39 is 13.9 Å². The van der Waals surface area contributed by atoms with Crippen LogP contribution in [0.15, 0.2) is 60.7 Å². The van der Waals surface area contributed by atoms with Crippen molar-refractivity contribution < 1.29 is 18.5 Å². The van der Waals surface area contributed by atoms with Crippen molar-refractivity contribution in [1.82, 2.24) is 0 Å². The molecule has 1 amide bonds. The van der Waals surface area contributed by atoms with E-state index in [4.69, 9.17) is 9.16 Å². The lowest BCUT2D eigenvalue weighted by atomic mass is 10.2. The maximum Gasteiger partial charge on any atom is 0.596 e. The summed E-state index contributed by atoms with van der Waals surface area (Å²) in [7, 11) is -2.63. The van der Waals surface area contributed by atoms with E-state index in [9.17, 15) is 4.79 Å². The lowest BCUT2D eigenvalue weighted by molar-refractivity contribution is -0.443. The van der Waals surface area contributed by atoms with Crippen molar-refractivity contribution >= 4 is 30.5 Å². The molecule has 3 rings (SSSR count). The molecule has 0 aliphatic carbocycles. The highest BCUT2D eigenvalue weighted by atomic mass is 28.4. The molecule has 0 bridgehead atoms. The largest absolute Gasteiger partial charge is 0.596 e. The van der Waals surface area contributed by atoms with Gasteiger partial charge in [0.1, 0.15) is 12.2 Å². The summed E-state index contributed by atoms with van der Waals surface area (Å²) in [6.45, 7) is 13.6. The van der Waals surface area contributed by atoms with Crippen LogP contribution in [-0.2, 0) is 9.16 Å². The van der Waals surface area contributed by atoms with Crippen molar-refractivity contribution in [2.45, 2.75) is 65.0 Å². The van der Waals surface area contributed by atoms with E-state index in [1.54, 1.807) is 4.58 Å². The van der Waals surface area contributed by atoms with Gasteiger partial charge in [0.2, 0.25) is 0 Å². The average molecular weight is 439 g/mol. The Kier molecular flexibility index (Phi) is 6.87. The molecule has 5 heteroatoms. The van der Waals surface area contributed by atoms with Crippen LogP contribution in [0, 0.1) is 0 Å². The summed E-state index contributed by atoms with van der Waals surface area (Å²) >= 11 is 0. The van der Waals surface area contributed by atoms with Gasteiger partial charge in [-0.1, -0.05) is 81.4 Å². The quantitative estimate of drug-likeness (QED) is 0.500. The molecule has 1 aliphatic heterocycles. The first-order valence-electron chi connectivity index (χ1n) is 11.1. The fraction of sp³-hybridized carbons (Fsp3) is 0.462. The molecule has 2 aromatic carbocycles. The van der Waals surface area contributed by atoms with E-state index in [2.05, 4.69) is 69.3 Å². The van der Waals surface area contributed by atoms with Gasteiger partial charge < -0.3 is 9.16 Å². The highest BCUT2D eigenvalue weighted by Crippen LogP contribution is 2.36. The van der Waals surface area contributed by atoms with E-state index in [0.717, 1.165) is 18.6 Å². The third kappa shape index (κ3) is 5.16. The highest BCUT2D eigenvalue weighted by molar-refractivity contribution is 6.99. The molecule has 0 saturated carbocycles. The Balaban J connectivity index is 2.02. The zero-order valence-corrected chi connectivity index (χ0v) is 20.8. The first-order chi connectivity index (χ1) is 14.5. The van der Waals surface area contributed by atoms with Gasteiger partial charge in [-0.15, -0.1) is 4.58 Å². The molecule has 1 aliphatic rings. The Labute approximate surface area is 188 Å². The Morgan fingerprint density at radius 2 is 1.42 bits per heavy atom. The lowest BCUT2D eigenvalue weighted by Gasteiger charge is -2.42. The van der Waals surface area contributed by atoms with E-state index in [-0.39, 0.29) is 11.1 Å². The minimum atomic E-state index is -2.63. The van der Waals surface area contributed by atoms with Crippen LogP contribution in [-0.4, -0.2) is 43.5 Å². The predicted molar refractivity (Wildman–Crippen MR) is 129 cm³/mol. The van der Waals surface area contributed by atoms with Crippen LogP contribution in [0.25, 0.3) is 0 Å². The molecule has 2 aromatic rings. The zero-order valence-electron chi connectivity index (χ0n) is 19.8. The standard InChI is InChI=1S/C26H36NO3Si/c1-25(2,3)30-24(28)27-19-13-14-21(27)20-29-31(26(4,5)6,22-15-9-7-10-16-22)23-17-11-8-12-18-23/h7-12,15-18H,13-14,19-20H2,1-6H3/q+1. The van der Waals surface area contributed by atoms with E-state index in [1.165, 1.54) is 10.4 Å². The van der Waals surface area contributed by atoms with E-state index in [0.29, 0.717) is 13.2 Å². The van der Waals surface area contributed by atoms with Crippen molar-refractivity contribution in [3.63, 3.8) is 0 Å². The summed E-state index contributed by atoms with van der Waals surface area (Å²) in [5.74, 6) is 0. The second-order valence-corrected chi connectivity index (χ2v) is 14.6. The number of hydrogen-bond donors (Lipinski definition) is 0. The van der Waals surface area contributed by atoms with Gasteiger partial charge in [-0.05, 0) is 36.2 Å². The second kappa shape index (κ2) is 9.09. The molecule has 0 aromatic heterocycles. The minimum absolute atomic E-state index is 0.0916. The van der Waals surface area contributed by atoms with Crippen LogP contribution < -0.4 is 10.4 Å². The predicted octanol–water partition coefficient (Wildman–Crippen LogP) is 4.75. The Hall–Kier alpha value is -2.24. The van der Waals surface area contributed by atoms with Crippen LogP contribution in [0.3, 0.4) is 0 Å². The molecule has 0 unspecified atom stereocenters. The fourth-order valence-corrected chi connectivity index (χ4v) is 8.91. The summed E-state index contributed by atoms with van der Waals surface area (Å²) < 4.78 is 14.4. The number of carbonyl (C=O) groups is 1. The summed E-state index contributed by atoms with van der Waals surface area (Å²) in [5, 5.41) is 2.40. The fourth-order valence-electron chi connectivity index (χ4n) is 4.37. The summed E-state index contributed by atoms with van der Waals surface area (Å²) in [4.78, 5) is 12.8. The lowest BCUT2D eigenvalue weighted by Crippen LogP contribution is -2.67. The molecular weight excluding hydrogens is 402 g/mol. The number of nitrogens with zero attached hydrogens (tertiary/aromatic N) is 1. The molecule has 4 nitrogen and oxygen atoms in total. The van der Waals surface area contributed by atoms with Crippen molar-refractivity contribution in [3.8, 4) is 0 Å². The number of rotatable bonds is 5. The SMILES string of the molecule is CC(C)(C)OC(=O)[N+]1=C(CO[Si](c2ccccc2)(c2ccccc2)C(C)(C)C)CCC1. The smallest absolute Gasteiger partial charge is 0.406 e. The van der Waals surface area contributed by atoms with Gasteiger partial charge in [-0.25, -0.2) is 0 Å². The van der Waals surface area contributed by atoms with Crippen molar-refractivity contribution in [3.05, 3.63) is 60.7 Å². The molecule has 0 saturated heterocycles. The Morgan fingerprint density at radius 1 is 0.903 bits per heavy atom. The summed E-state index contributed by atoms with van der Waals surface area (Å²) in [6.07, 6.45) is 1.53. The average Bonchev–Trinajstić information content (AvgIpc) is 3.17. The molecule has 0 spiro atoms. The van der Waals surface area contributed by atoms with Gasteiger partial charge in [0.25, 0.3) is 8.32 Å². The van der Waals surface area contributed by atoms with Gasteiger partial charge in [0.05, 0.1) is 0 Å². The number of hydrogen-bond acceptors (Lipinski definition) is 3. The van der Waals surface area contributed by atoms with Crippen LogP contribution in [0.2, 0.25) is 5.04 Å². The Bertz CT molecular complexity index is 885. The van der Waals surface area contributed by atoms with Crippen LogP contribution >= 0.6 is 0 Å². The van der Waals surface area contributed by atoms with Gasteiger partial charge in [-0.3, -0.25) is 0 Å². The monoisotopic (exact) mass is 438 g/mol. The topological polar surface area (TPSA) is 38.5 Å². The summed E-state index contributed by atoms with van der Waals surface area (Å²) in [6, 6.07) is 21.2. The molecule has 0 radical (unpaired) electrons. The maximum atomic E-state index is 12.8. The third-order valence-corrected chi connectivity index (χ3v) is 10.7. The van der Waals surface area contributed by atoms with Gasteiger partial charge in [-0.2, -0.15) is 4.79 Å². The molecule has 0 atom stereocenters. The van der Waals surface area contributed by atoms with Gasteiger partial charge >= 0.3 is 6.09 Å². The van der Waals surface area contributed by atoms with Gasteiger partial charge in [0.15, 0.2) is 12.3 Å². The first kappa shape index (κ1) is 23.4. The van der Waals surface area contributed by atoms with Crippen LogP contribution in [0.5, 0.6) is 0 Å². The number of amides is 1. The molecule has 31 heavy (non-hydrogen) atoms. The van der Waals surface area contributed by atoms with E-state index >= 15 is 0 Å². The van der Waals surface area contributed by atoms with E-state index in [1.807, 2.05) is 32.9 Å². The van der Waals surface area contributed by atoms with Gasteiger partial charge in [0, 0.05) is 12.8 Å². The normalized spacial score (nSPS) is 15.3. The maximum absolute atomic E-state index is 12.8. The number of benzene rings is 2. The third-order valence-electron chi connectivity index (χ3n) is 5.71. The summed E-state index contributed by atoms with van der Waals surface area (Å²) in [5.41, 5.74) is 0.506. The van der Waals surface area contributed by atoms with Crippen molar-refractivity contribution in [2.24, 2.45) is 0 Å². The van der Waals surface area contributed by atoms with Crippen LogP contribution in [0.1, 0.15) is 54.4 Å². The molecule has 0 N–H and O–H groups in total. The van der Waals surface area contributed by atoms with Crippen LogP contribution in [0.4, 0.5) is 4.79 Å². The molecule has 1 heterocycles. The zero-order chi connectivity index (χ0) is 22.7. The van der Waals surface area contributed by atoms with Crippen molar-refractivity contribution in [1.29, 1.82) is 0 Å². The Morgan fingerprint density at radius 3 is 1.87 bits per heavy atom. The van der Waals surface area contributed by atoms with Crippen molar-refractivity contribution in [2.75, 3.05) is 13.2 Å².